The lowest BCUT2D eigenvalue weighted by atomic mass is 10.1. The number of carboxylic acid groups (broad SMARTS) is 1. The Kier molecular flexibility index (Phi) is 10.3. The number of amides is 1. The van der Waals surface area contributed by atoms with Gasteiger partial charge in [0.25, 0.3) is 11.9 Å². The van der Waals surface area contributed by atoms with Crippen molar-refractivity contribution in [2.75, 3.05) is 70.3 Å². The van der Waals surface area contributed by atoms with Gasteiger partial charge in [-0.05, 0) is 49.6 Å². The maximum absolute atomic E-state index is 16.1. The number of fused-ring (bicyclic) bond motifs is 2. The monoisotopic (exact) mass is 806 g/mol. The van der Waals surface area contributed by atoms with Crippen molar-refractivity contribution in [2.24, 2.45) is 4.99 Å². The Morgan fingerprint density at radius 3 is 2.34 bits per heavy atom. The number of aliphatic imine (C=N–C) groups is 1. The van der Waals surface area contributed by atoms with Crippen LogP contribution in [-0.2, 0) is 11.2 Å². The molecule has 16 nitrogen and oxygen atoms in total. The maximum Gasteiger partial charge on any atom is 0.341 e. The van der Waals surface area contributed by atoms with Gasteiger partial charge in [0, 0.05) is 61.7 Å². The number of ether oxygens (including phenoxy) is 4. The third kappa shape index (κ3) is 7.00. The van der Waals surface area contributed by atoms with E-state index in [0.29, 0.717) is 65.6 Å². The van der Waals surface area contributed by atoms with E-state index in [1.807, 2.05) is 48.2 Å². The highest BCUT2D eigenvalue weighted by Crippen LogP contribution is 2.44. The molecule has 306 valence electrons. The molecule has 1 amide bonds. The number of nitrogen functional groups attached to an aromatic ring is 1. The van der Waals surface area contributed by atoms with Gasteiger partial charge in [-0.3, -0.25) is 19.4 Å². The molecule has 1 atom stereocenters. The van der Waals surface area contributed by atoms with Crippen molar-refractivity contribution in [3.63, 3.8) is 0 Å². The zero-order valence-electron chi connectivity index (χ0n) is 33.2. The Hall–Kier alpha value is -6.75. The third-order valence-corrected chi connectivity index (χ3v) is 11.1. The summed E-state index contributed by atoms with van der Waals surface area (Å²) in [5.41, 5.74) is 8.78. The van der Waals surface area contributed by atoms with E-state index in [1.165, 1.54) is 20.4 Å². The molecule has 3 aromatic carbocycles. The molecule has 3 N–H and O–H groups in total. The number of hydrogen-bond acceptors (Lipinski definition) is 13. The SMILES string of the molecule is COc1cc(Cc2cnc(N=C3C(=O)N(CN4CCN(c5c(F)cc6c(=O)c(C(=O)O)cn(C7CC7)c6c5OC)CC4C)c4ccccc43)nc2N)cc(OC)c1OC. The quantitative estimate of drug-likeness (QED) is 0.175. The van der Waals surface area contributed by atoms with E-state index in [9.17, 15) is 19.5 Å². The predicted octanol–water partition coefficient (Wildman–Crippen LogP) is 4.81. The number of carbonyl (C=O) groups excluding carboxylic acids is 1. The summed E-state index contributed by atoms with van der Waals surface area (Å²) in [5, 5.41) is 9.67. The Balaban J connectivity index is 1.02. The van der Waals surface area contributed by atoms with E-state index in [-0.39, 0.29) is 59.0 Å². The van der Waals surface area contributed by atoms with E-state index in [4.69, 9.17) is 24.7 Å². The molecule has 8 rings (SSSR count). The molecule has 2 aromatic heterocycles. The van der Waals surface area contributed by atoms with Gasteiger partial charge in [0.2, 0.25) is 11.2 Å². The summed E-state index contributed by atoms with van der Waals surface area (Å²) in [7, 11) is 6.04. The number of nitrogens with zero attached hydrogens (tertiary/aromatic N) is 7. The maximum atomic E-state index is 16.1. The van der Waals surface area contributed by atoms with Crippen LogP contribution in [-0.4, -0.2) is 103 Å². The molecule has 1 saturated carbocycles. The number of halogens is 1. The normalized spacial score (nSPS) is 17.4. The summed E-state index contributed by atoms with van der Waals surface area (Å²) in [5.74, 6) is -0.473. The van der Waals surface area contributed by atoms with Gasteiger partial charge in [-0.2, -0.15) is 4.98 Å². The molecule has 59 heavy (non-hydrogen) atoms. The molecule has 2 fully saturated rings. The highest BCUT2D eigenvalue weighted by Gasteiger charge is 2.38. The van der Waals surface area contributed by atoms with Gasteiger partial charge in [0.1, 0.15) is 22.8 Å². The lowest BCUT2D eigenvalue weighted by Crippen LogP contribution is -2.55. The van der Waals surface area contributed by atoms with Gasteiger partial charge in [-0.15, -0.1) is 0 Å². The molecule has 0 bridgehead atoms. The number of aromatic nitrogens is 3. The molecule has 0 radical (unpaired) electrons. The van der Waals surface area contributed by atoms with Crippen molar-refractivity contribution in [3.05, 3.63) is 93.2 Å². The number of carbonyl (C=O) groups is 2. The lowest BCUT2D eigenvalue weighted by Gasteiger charge is -2.42. The first kappa shape index (κ1) is 39.1. The molecule has 2 aliphatic heterocycles. The second-order valence-corrected chi connectivity index (χ2v) is 14.7. The van der Waals surface area contributed by atoms with E-state index >= 15 is 4.39 Å². The third-order valence-electron chi connectivity index (χ3n) is 11.1. The number of carboxylic acids is 1. The number of rotatable bonds is 12. The van der Waals surface area contributed by atoms with Crippen LogP contribution in [0.25, 0.3) is 10.9 Å². The summed E-state index contributed by atoms with van der Waals surface area (Å²) in [4.78, 5) is 58.4. The van der Waals surface area contributed by atoms with Crippen LogP contribution in [0, 0.1) is 5.82 Å². The summed E-state index contributed by atoms with van der Waals surface area (Å²) in [6.07, 6.45) is 4.90. The average Bonchev–Trinajstić information content (AvgIpc) is 4.04. The zero-order chi connectivity index (χ0) is 41.7. The molecule has 5 aromatic rings. The van der Waals surface area contributed by atoms with Gasteiger partial charge in [0.05, 0.1) is 51.7 Å². The highest BCUT2D eigenvalue weighted by atomic mass is 19.1. The Morgan fingerprint density at radius 2 is 1.71 bits per heavy atom. The fourth-order valence-electron chi connectivity index (χ4n) is 7.98. The van der Waals surface area contributed by atoms with Crippen LogP contribution in [0.2, 0.25) is 0 Å². The van der Waals surface area contributed by atoms with E-state index in [1.54, 1.807) is 29.9 Å². The molecular weight excluding hydrogens is 764 g/mol. The molecule has 3 aliphatic rings. The number of benzene rings is 3. The van der Waals surface area contributed by atoms with Crippen LogP contribution in [0.1, 0.15) is 52.9 Å². The Labute approximate surface area is 338 Å². The van der Waals surface area contributed by atoms with Gasteiger partial charge < -0.3 is 39.3 Å². The van der Waals surface area contributed by atoms with Crippen LogP contribution in [0.15, 0.2) is 64.6 Å². The molecule has 1 aliphatic carbocycles. The summed E-state index contributed by atoms with van der Waals surface area (Å²) in [6, 6.07) is 12.0. The van der Waals surface area contributed by atoms with Crippen LogP contribution in [0.4, 0.5) is 27.5 Å². The minimum atomic E-state index is -1.37. The van der Waals surface area contributed by atoms with Crippen LogP contribution in [0.3, 0.4) is 0 Å². The first-order chi connectivity index (χ1) is 28.5. The van der Waals surface area contributed by atoms with Gasteiger partial charge in [0.15, 0.2) is 23.1 Å². The molecule has 1 unspecified atom stereocenters. The van der Waals surface area contributed by atoms with E-state index < -0.39 is 22.8 Å². The first-order valence-corrected chi connectivity index (χ1v) is 19.0. The number of pyridine rings is 1. The molecule has 0 spiro atoms. The number of aromatic carboxylic acids is 1. The minimum Gasteiger partial charge on any atom is -0.493 e. The topological polar surface area (TPSA) is 187 Å². The minimum absolute atomic E-state index is 0.0167. The molecule has 4 heterocycles. The van der Waals surface area contributed by atoms with Crippen molar-refractivity contribution in [1.29, 1.82) is 0 Å². The second-order valence-electron chi connectivity index (χ2n) is 14.7. The number of hydrogen-bond donors (Lipinski definition) is 2. The smallest absolute Gasteiger partial charge is 0.341 e. The Morgan fingerprint density at radius 1 is 1.00 bits per heavy atom. The summed E-state index contributed by atoms with van der Waals surface area (Å²) < 4.78 is 40.1. The van der Waals surface area contributed by atoms with E-state index in [2.05, 4.69) is 19.9 Å². The van der Waals surface area contributed by atoms with Gasteiger partial charge in [-0.25, -0.2) is 19.2 Å². The molecule has 17 heteroatoms. The van der Waals surface area contributed by atoms with Crippen LogP contribution >= 0.6 is 0 Å². The number of para-hydroxylation sites is 1. The fraction of sp³-hybridized carbons (Fsp3) is 0.333. The average molecular weight is 807 g/mol. The molecule has 1 saturated heterocycles. The summed E-state index contributed by atoms with van der Waals surface area (Å²) in [6.45, 7) is 3.44. The summed E-state index contributed by atoms with van der Waals surface area (Å²) >= 11 is 0. The van der Waals surface area contributed by atoms with Crippen LogP contribution < -0.4 is 39.9 Å². The Bertz CT molecular complexity index is 2590. The van der Waals surface area contributed by atoms with Crippen molar-refractivity contribution in [1.82, 2.24) is 19.4 Å². The number of nitrogens with two attached hydrogens (primary N) is 1. The number of piperazine rings is 1. The van der Waals surface area contributed by atoms with E-state index in [0.717, 1.165) is 24.5 Å². The first-order valence-electron chi connectivity index (χ1n) is 19.0. The molecular formula is C42H43FN8O8. The number of anilines is 3. The lowest BCUT2D eigenvalue weighted by molar-refractivity contribution is -0.112. The van der Waals surface area contributed by atoms with Crippen LogP contribution in [0.5, 0.6) is 23.0 Å². The van der Waals surface area contributed by atoms with Gasteiger partial charge >= 0.3 is 5.97 Å². The second kappa shape index (κ2) is 15.5. The largest absolute Gasteiger partial charge is 0.493 e. The standard InChI is InChI=1S/C42H43FN8O8/c1-22-19-48(35-29(43)17-27-34(38(35)59-5)50(25-10-11-25)20-28(36(27)52)41(54)55)12-13-49(22)21-51-30-9-7-6-8-26(30)33(40(51)53)46-42-45-18-24(39(44)47-42)14-23-15-31(56-2)37(58-4)32(16-23)57-3/h6-9,15-18,20,22,25H,10-14,19,21H2,1-5H3,(H,54,55)(H2,44,45,47). The predicted molar refractivity (Wildman–Crippen MR) is 219 cm³/mol. The zero-order valence-corrected chi connectivity index (χ0v) is 33.2. The van der Waals surface area contributed by atoms with Crippen molar-refractivity contribution in [3.8, 4) is 23.0 Å². The van der Waals surface area contributed by atoms with Crippen molar-refractivity contribution >= 4 is 51.6 Å². The fourth-order valence-corrected chi connectivity index (χ4v) is 7.98. The van der Waals surface area contributed by atoms with Gasteiger partial charge in [-0.1, -0.05) is 18.2 Å². The van der Waals surface area contributed by atoms with Crippen molar-refractivity contribution < 1.29 is 38.0 Å². The highest BCUT2D eigenvalue weighted by molar-refractivity contribution is 6.54. The van der Waals surface area contributed by atoms with Crippen molar-refractivity contribution in [2.45, 2.75) is 38.3 Å². The number of methoxy groups -OCH3 is 4.